The Labute approximate surface area is 84.0 Å². The Bertz CT molecular complexity index is 316. The van der Waals surface area contributed by atoms with Crippen LogP contribution in [0.25, 0.3) is 0 Å². The lowest BCUT2D eigenvalue weighted by Crippen LogP contribution is -2.28. The summed E-state index contributed by atoms with van der Waals surface area (Å²) in [7, 11) is 1.51. The largest absolute Gasteiger partial charge is 0.508 e. The SMILES string of the molecule is COC(C)(CO)c1ccc(C)cc1O. The number of rotatable bonds is 3. The molecule has 1 atom stereocenters. The Balaban J connectivity index is 3.17. The van der Waals surface area contributed by atoms with E-state index in [1.807, 2.05) is 13.0 Å². The Morgan fingerprint density at radius 3 is 2.50 bits per heavy atom. The Hall–Kier alpha value is -1.06. The number of hydrogen-bond donors (Lipinski definition) is 2. The van der Waals surface area contributed by atoms with Crippen LogP contribution in [0, 0.1) is 6.92 Å². The molecular formula is C11H16O3. The zero-order valence-electron chi connectivity index (χ0n) is 8.74. The maximum atomic E-state index is 9.70. The van der Waals surface area contributed by atoms with Crippen LogP contribution in [-0.2, 0) is 10.3 Å². The van der Waals surface area contributed by atoms with Gasteiger partial charge in [-0.05, 0) is 25.5 Å². The summed E-state index contributed by atoms with van der Waals surface area (Å²) >= 11 is 0. The lowest BCUT2D eigenvalue weighted by molar-refractivity contribution is -0.0435. The first-order valence-corrected chi connectivity index (χ1v) is 4.49. The molecule has 78 valence electrons. The fourth-order valence-corrected chi connectivity index (χ4v) is 1.35. The number of hydrogen-bond acceptors (Lipinski definition) is 3. The predicted molar refractivity (Wildman–Crippen MR) is 54.3 cm³/mol. The Morgan fingerprint density at radius 2 is 2.07 bits per heavy atom. The van der Waals surface area contributed by atoms with Crippen molar-refractivity contribution in [2.45, 2.75) is 19.4 Å². The molecule has 0 aromatic heterocycles. The second-order valence-electron chi connectivity index (χ2n) is 3.61. The number of phenols is 1. The molecule has 0 aliphatic heterocycles. The summed E-state index contributed by atoms with van der Waals surface area (Å²) in [5.74, 6) is 0.156. The number of phenolic OH excluding ortho intramolecular Hbond substituents is 1. The number of aryl methyl sites for hydroxylation is 1. The highest BCUT2D eigenvalue weighted by atomic mass is 16.5. The third-order valence-electron chi connectivity index (χ3n) is 2.48. The van der Waals surface area contributed by atoms with Gasteiger partial charge >= 0.3 is 0 Å². The lowest BCUT2D eigenvalue weighted by atomic mass is 9.95. The van der Waals surface area contributed by atoms with Gasteiger partial charge < -0.3 is 14.9 Å². The summed E-state index contributed by atoms with van der Waals surface area (Å²) in [6, 6.07) is 5.30. The average molecular weight is 196 g/mol. The molecular weight excluding hydrogens is 180 g/mol. The molecule has 0 bridgehead atoms. The molecule has 0 saturated carbocycles. The maximum Gasteiger partial charge on any atom is 0.122 e. The average Bonchev–Trinajstić information content (AvgIpc) is 2.17. The van der Waals surface area contributed by atoms with Crippen LogP contribution in [0.5, 0.6) is 5.75 Å². The van der Waals surface area contributed by atoms with Gasteiger partial charge in [-0.3, -0.25) is 0 Å². The minimum absolute atomic E-state index is 0.156. The van der Waals surface area contributed by atoms with Crippen molar-refractivity contribution in [1.82, 2.24) is 0 Å². The highest BCUT2D eigenvalue weighted by Crippen LogP contribution is 2.31. The molecule has 1 aromatic carbocycles. The molecule has 2 N–H and O–H groups in total. The fraction of sp³-hybridized carbons (Fsp3) is 0.455. The minimum atomic E-state index is -0.836. The summed E-state index contributed by atoms with van der Waals surface area (Å²) in [6.45, 7) is 3.46. The molecule has 3 nitrogen and oxygen atoms in total. The van der Waals surface area contributed by atoms with E-state index in [0.29, 0.717) is 5.56 Å². The number of benzene rings is 1. The topological polar surface area (TPSA) is 49.7 Å². The molecule has 0 fully saturated rings. The molecule has 0 spiro atoms. The summed E-state index contributed by atoms with van der Waals surface area (Å²) in [5, 5.41) is 18.9. The van der Waals surface area contributed by atoms with E-state index in [9.17, 15) is 10.2 Å². The van der Waals surface area contributed by atoms with Crippen molar-refractivity contribution in [3.63, 3.8) is 0 Å². The van der Waals surface area contributed by atoms with E-state index in [-0.39, 0.29) is 12.4 Å². The normalized spacial score (nSPS) is 15.1. The standard InChI is InChI=1S/C11H16O3/c1-8-4-5-9(10(13)6-8)11(2,7-12)14-3/h4-6,12-13H,7H2,1-3H3. The van der Waals surface area contributed by atoms with Crippen LogP contribution in [0.15, 0.2) is 18.2 Å². The van der Waals surface area contributed by atoms with Crippen LogP contribution in [0.4, 0.5) is 0 Å². The van der Waals surface area contributed by atoms with Gasteiger partial charge in [0.2, 0.25) is 0 Å². The van der Waals surface area contributed by atoms with Gasteiger partial charge in [0.05, 0.1) is 6.61 Å². The first-order chi connectivity index (χ1) is 6.53. The summed E-state index contributed by atoms with van der Waals surface area (Å²) in [5.41, 5.74) is 0.744. The summed E-state index contributed by atoms with van der Waals surface area (Å²) in [6.07, 6.45) is 0. The molecule has 0 saturated heterocycles. The summed E-state index contributed by atoms with van der Waals surface area (Å²) < 4.78 is 5.18. The molecule has 0 amide bonds. The van der Waals surface area contributed by atoms with E-state index in [1.165, 1.54) is 7.11 Å². The molecule has 3 heteroatoms. The van der Waals surface area contributed by atoms with Crippen molar-refractivity contribution in [1.29, 1.82) is 0 Å². The van der Waals surface area contributed by atoms with Crippen molar-refractivity contribution < 1.29 is 14.9 Å². The van der Waals surface area contributed by atoms with Gasteiger partial charge in [-0.1, -0.05) is 12.1 Å². The fourth-order valence-electron chi connectivity index (χ4n) is 1.35. The Morgan fingerprint density at radius 1 is 1.43 bits per heavy atom. The zero-order chi connectivity index (χ0) is 10.8. The monoisotopic (exact) mass is 196 g/mol. The van der Waals surface area contributed by atoms with Gasteiger partial charge in [0.25, 0.3) is 0 Å². The van der Waals surface area contributed by atoms with Crippen LogP contribution >= 0.6 is 0 Å². The molecule has 0 aliphatic rings. The molecule has 1 rings (SSSR count). The second-order valence-corrected chi connectivity index (χ2v) is 3.61. The van der Waals surface area contributed by atoms with Gasteiger partial charge in [-0.2, -0.15) is 0 Å². The van der Waals surface area contributed by atoms with Gasteiger partial charge in [0.15, 0.2) is 0 Å². The number of aromatic hydroxyl groups is 1. The van der Waals surface area contributed by atoms with E-state index in [2.05, 4.69) is 0 Å². The van der Waals surface area contributed by atoms with Crippen LogP contribution in [0.1, 0.15) is 18.1 Å². The van der Waals surface area contributed by atoms with E-state index < -0.39 is 5.60 Å². The zero-order valence-corrected chi connectivity index (χ0v) is 8.74. The molecule has 1 aromatic rings. The molecule has 0 aliphatic carbocycles. The highest BCUT2D eigenvalue weighted by Gasteiger charge is 2.28. The third kappa shape index (κ3) is 1.89. The van der Waals surface area contributed by atoms with Crippen molar-refractivity contribution in [3.05, 3.63) is 29.3 Å². The van der Waals surface area contributed by atoms with Gasteiger partial charge in [0.1, 0.15) is 11.4 Å². The highest BCUT2D eigenvalue weighted by molar-refractivity contribution is 5.39. The molecule has 1 unspecified atom stereocenters. The van der Waals surface area contributed by atoms with E-state index in [4.69, 9.17) is 4.74 Å². The van der Waals surface area contributed by atoms with Crippen molar-refractivity contribution in [2.24, 2.45) is 0 Å². The molecule has 0 radical (unpaired) electrons. The van der Waals surface area contributed by atoms with Gasteiger partial charge in [0, 0.05) is 12.7 Å². The summed E-state index contributed by atoms with van der Waals surface area (Å²) in [4.78, 5) is 0. The number of ether oxygens (including phenoxy) is 1. The minimum Gasteiger partial charge on any atom is -0.508 e. The quantitative estimate of drug-likeness (QED) is 0.771. The lowest BCUT2D eigenvalue weighted by Gasteiger charge is -2.27. The van der Waals surface area contributed by atoms with E-state index in [1.54, 1.807) is 19.1 Å². The van der Waals surface area contributed by atoms with E-state index in [0.717, 1.165) is 5.56 Å². The number of aliphatic hydroxyl groups excluding tert-OH is 1. The second kappa shape index (κ2) is 3.98. The van der Waals surface area contributed by atoms with Crippen LogP contribution < -0.4 is 0 Å². The Kier molecular flexibility index (Phi) is 3.13. The third-order valence-corrected chi connectivity index (χ3v) is 2.48. The maximum absolute atomic E-state index is 9.70. The molecule has 14 heavy (non-hydrogen) atoms. The van der Waals surface area contributed by atoms with Crippen LogP contribution in [0.2, 0.25) is 0 Å². The van der Waals surface area contributed by atoms with Crippen LogP contribution in [-0.4, -0.2) is 23.9 Å². The van der Waals surface area contributed by atoms with Crippen molar-refractivity contribution in [2.75, 3.05) is 13.7 Å². The molecule has 0 heterocycles. The number of methoxy groups -OCH3 is 1. The van der Waals surface area contributed by atoms with Gasteiger partial charge in [-0.15, -0.1) is 0 Å². The predicted octanol–water partition coefficient (Wildman–Crippen LogP) is 1.55. The first kappa shape index (κ1) is 11.0. The van der Waals surface area contributed by atoms with Crippen LogP contribution in [0.3, 0.4) is 0 Å². The van der Waals surface area contributed by atoms with Crippen molar-refractivity contribution in [3.8, 4) is 5.75 Å². The smallest absolute Gasteiger partial charge is 0.122 e. The number of aliphatic hydroxyl groups is 1. The van der Waals surface area contributed by atoms with Crippen molar-refractivity contribution >= 4 is 0 Å². The van der Waals surface area contributed by atoms with Gasteiger partial charge in [-0.25, -0.2) is 0 Å². The van der Waals surface area contributed by atoms with E-state index >= 15 is 0 Å². The first-order valence-electron chi connectivity index (χ1n) is 4.49.